The maximum Gasteiger partial charge on any atom is 0.320 e. The average Bonchev–Trinajstić information content (AvgIpc) is 2.73. The predicted octanol–water partition coefficient (Wildman–Crippen LogP) is 2.09. The van der Waals surface area contributed by atoms with Crippen molar-refractivity contribution in [2.24, 2.45) is 5.92 Å². The molecular weight excluding hydrogens is 382 g/mol. The number of nitrogens with zero attached hydrogens (tertiary/aromatic N) is 3. The molecule has 0 aromatic heterocycles. The van der Waals surface area contributed by atoms with Crippen molar-refractivity contribution in [3.63, 3.8) is 0 Å². The molecule has 0 saturated carbocycles. The molecule has 0 bridgehead atoms. The molecule has 1 aliphatic heterocycles. The lowest BCUT2D eigenvalue weighted by molar-refractivity contribution is -0.117. The van der Waals surface area contributed by atoms with Crippen LogP contribution in [0.3, 0.4) is 0 Å². The Bertz CT molecular complexity index is 725. The summed E-state index contributed by atoms with van der Waals surface area (Å²) in [4.78, 5) is 43.1. The van der Waals surface area contributed by atoms with Crippen LogP contribution in [0, 0.1) is 5.92 Å². The van der Waals surface area contributed by atoms with Crippen LogP contribution < -0.4 is 10.6 Å². The fourth-order valence-electron chi connectivity index (χ4n) is 3.37. The van der Waals surface area contributed by atoms with E-state index in [2.05, 4.69) is 10.6 Å². The monoisotopic (exact) mass is 417 g/mol. The molecular formula is C22H35N5O3. The molecule has 1 aromatic rings. The van der Waals surface area contributed by atoms with Gasteiger partial charge in [0.05, 0.1) is 17.8 Å². The predicted molar refractivity (Wildman–Crippen MR) is 119 cm³/mol. The first kappa shape index (κ1) is 23.7. The molecule has 1 aliphatic rings. The van der Waals surface area contributed by atoms with E-state index in [0.29, 0.717) is 63.0 Å². The quantitative estimate of drug-likeness (QED) is 0.678. The zero-order valence-corrected chi connectivity index (χ0v) is 18.6. The van der Waals surface area contributed by atoms with E-state index in [4.69, 9.17) is 0 Å². The van der Waals surface area contributed by atoms with Crippen LogP contribution in [0.2, 0.25) is 0 Å². The molecule has 30 heavy (non-hydrogen) atoms. The van der Waals surface area contributed by atoms with Gasteiger partial charge in [0.25, 0.3) is 5.91 Å². The first-order chi connectivity index (χ1) is 14.3. The van der Waals surface area contributed by atoms with Crippen molar-refractivity contribution in [1.29, 1.82) is 0 Å². The number of urea groups is 1. The number of hydrogen-bond donors (Lipinski definition) is 2. The highest BCUT2D eigenvalue weighted by atomic mass is 16.2. The molecule has 0 unspecified atom stereocenters. The molecule has 2 N–H and O–H groups in total. The Morgan fingerprint density at radius 1 is 1.03 bits per heavy atom. The Kier molecular flexibility index (Phi) is 9.11. The summed E-state index contributed by atoms with van der Waals surface area (Å²) >= 11 is 0. The van der Waals surface area contributed by atoms with Crippen LogP contribution in [0.1, 0.15) is 38.1 Å². The van der Waals surface area contributed by atoms with E-state index >= 15 is 0 Å². The largest absolute Gasteiger partial charge is 0.352 e. The number of anilines is 1. The SMILES string of the molecule is CCN(CC)C(=O)N1CCN(CC(=O)Nc2ccccc2C(=O)NCC(C)C)CC1. The second-order valence-electron chi connectivity index (χ2n) is 7.92. The maximum absolute atomic E-state index is 12.6. The Balaban J connectivity index is 1.87. The Hall–Kier alpha value is -2.61. The maximum atomic E-state index is 12.6. The van der Waals surface area contributed by atoms with Gasteiger partial charge in [0.15, 0.2) is 0 Å². The van der Waals surface area contributed by atoms with Crippen LogP contribution in [-0.4, -0.2) is 84.9 Å². The van der Waals surface area contributed by atoms with Gasteiger partial charge in [-0.05, 0) is 31.9 Å². The highest BCUT2D eigenvalue weighted by Crippen LogP contribution is 2.15. The summed E-state index contributed by atoms with van der Waals surface area (Å²) in [6, 6.07) is 7.09. The van der Waals surface area contributed by atoms with Crippen LogP contribution in [0.25, 0.3) is 0 Å². The van der Waals surface area contributed by atoms with Crippen LogP contribution >= 0.6 is 0 Å². The lowest BCUT2D eigenvalue weighted by Crippen LogP contribution is -2.53. The van der Waals surface area contributed by atoms with Crippen LogP contribution in [-0.2, 0) is 4.79 Å². The third-order valence-electron chi connectivity index (χ3n) is 5.16. The van der Waals surface area contributed by atoms with Crippen LogP contribution in [0.15, 0.2) is 24.3 Å². The highest BCUT2D eigenvalue weighted by Gasteiger charge is 2.25. The van der Waals surface area contributed by atoms with Crippen LogP contribution in [0.4, 0.5) is 10.5 Å². The van der Waals surface area contributed by atoms with Gasteiger partial charge >= 0.3 is 6.03 Å². The van der Waals surface area contributed by atoms with Gasteiger partial charge in [0, 0.05) is 45.8 Å². The molecule has 8 nitrogen and oxygen atoms in total. The van der Waals surface area contributed by atoms with Gasteiger partial charge in [-0.3, -0.25) is 14.5 Å². The third kappa shape index (κ3) is 6.73. The topological polar surface area (TPSA) is 85.0 Å². The van der Waals surface area contributed by atoms with Gasteiger partial charge in [-0.2, -0.15) is 0 Å². The van der Waals surface area contributed by atoms with Crippen molar-refractivity contribution < 1.29 is 14.4 Å². The standard InChI is InChI=1S/C22H35N5O3/c1-5-26(6-2)22(30)27-13-11-25(12-14-27)16-20(28)24-19-10-8-7-9-18(19)21(29)23-15-17(3)4/h7-10,17H,5-6,11-16H2,1-4H3,(H,23,29)(H,24,28). The Morgan fingerprint density at radius 3 is 2.27 bits per heavy atom. The second kappa shape index (κ2) is 11.5. The van der Waals surface area contributed by atoms with Crippen molar-refractivity contribution in [2.75, 3.05) is 57.7 Å². The van der Waals surface area contributed by atoms with Gasteiger partial charge in [-0.15, -0.1) is 0 Å². The first-order valence-electron chi connectivity index (χ1n) is 10.8. The number of carbonyl (C=O) groups excluding carboxylic acids is 3. The Morgan fingerprint density at radius 2 is 1.67 bits per heavy atom. The van der Waals surface area contributed by atoms with E-state index in [0.717, 1.165) is 0 Å². The van der Waals surface area contributed by atoms with Crippen molar-refractivity contribution >= 4 is 23.5 Å². The van der Waals surface area contributed by atoms with Crippen molar-refractivity contribution in [3.05, 3.63) is 29.8 Å². The summed E-state index contributed by atoms with van der Waals surface area (Å²) < 4.78 is 0. The lowest BCUT2D eigenvalue weighted by atomic mass is 10.1. The Labute approximate surface area is 179 Å². The third-order valence-corrected chi connectivity index (χ3v) is 5.16. The summed E-state index contributed by atoms with van der Waals surface area (Å²) in [6.07, 6.45) is 0. The normalized spacial score (nSPS) is 14.5. The second-order valence-corrected chi connectivity index (χ2v) is 7.92. The molecule has 1 heterocycles. The number of para-hydroxylation sites is 1. The molecule has 1 fully saturated rings. The lowest BCUT2D eigenvalue weighted by Gasteiger charge is -2.36. The molecule has 0 spiro atoms. The number of piperazine rings is 1. The van der Waals surface area contributed by atoms with Crippen molar-refractivity contribution in [3.8, 4) is 0 Å². The molecule has 0 aliphatic carbocycles. The molecule has 2 rings (SSSR count). The van der Waals surface area contributed by atoms with E-state index in [1.807, 2.05) is 42.4 Å². The summed E-state index contributed by atoms with van der Waals surface area (Å²) in [7, 11) is 0. The minimum Gasteiger partial charge on any atom is -0.352 e. The number of carbonyl (C=O) groups is 3. The number of amides is 4. The summed E-state index contributed by atoms with van der Waals surface area (Å²) in [5.41, 5.74) is 0.972. The smallest absolute Gasteiger partial charge is 0.320 e. The molecule has 4 amide bonds. The molecule has 166 valence electrons. The summed E-state index contributed by atoms with van der Waals surface area (Å²) in [5, 5.41) is 5.75. The number of nitrogens with one attached hydrogen (secondary N) is 2. The zero-order chi connectivity index (χ0) is 22.1. The fraction of sp³-hybridized carbons (Fsp3) is 0.591. The minimum atomic E-state index is -0.192. The fourth-order valence-corrected chi connectivity index (χ4v) is 3.37. The van der Waals surface area contributed by atoms with Gasteiger partial charge in [-0.1, -0.05) is 26.0 Å². The molecule has 1 aromatic carbocycles. The molecule has 0 atom stereocenters. The van der Waals surface area contributed by atoms with Crippen molar-refractivity contribution in [2.45, 2.75) is 27.7 Å². The summed E-state index contributed by atoms with van der Waals surface area (Å²) in [5.74, 6) is -0.00579. The highest BCUT2D eigenvalue weighted by molar-refractivity contribution is 6.04. The van der Waals surface area contributed by atoms with E-state index in [1.54, 1.807) is 24.3 Å². The van der Waals surface area contributed by atoms with Crippen molar-refractivity contribution in [1.82, 2.24) is 20.0 Å². The van der Waals surface area contributed by atoms with Gasteiger partial charge in [0.2, 0.25) is 5.91 Å². The van der Waals surface area contributed by atoms with E-state index < -0.39 is 0 Å². The minimum absolute atomic E-state index is 0.0606. The number of hydrogen-bond acceptors (Lipinski definition) is 4. The average molecular weight is 418 g/mol. The van der Waals surface area contributed by atoms with Gasteiger partial charge < -0.3 is 20.4 Å². The molecule has 0 radical (unpaired) electrons. The van der Waals surface area contributed by atoms with E-state index in [-0.39, 0.29) is 24.4 Å². The van der Waals surface area contributed by atoms with Gasteiger partial charge in [0.1, 0.15) is 0 Å². The molecule has 8 heteroatoms. The van der Waals surface area contributed by atoms with Gasteiger partial charge in [-0.25, -0.2) is 4.79 Å². The van der Waals surface area contributed by atoms with Crippen LogP contribution in [0.5, 0.6) is 0 Å². The van der Waals surface area contributed by atoms with E-state index in [9.17, 15) is 14.4 Å². The number of benzene rings is 1. The first-order valence-corrected chi connectivity index (χ1v) is 10.8. The molecule has 1 saturated heterocycles. The van der Waals surface area contributed by atoms with E-state index in [1.165, 1.54) is 0 Å². The zero-order valence-electron chi connectivity index (χ0n) is 18.6. The summed E-state index contributed by atoms with van der Waals surface area (Å²) in [6.45, 7) is 12.7. The number of rotatable bonds is 8.